The molecule has 15 heteroatoms. The Morgan fingerprint density at radius 2 is 1.53 bits per heavy atom. The zero-order valence-corrected chi connectivity index (χ0v) is 44.5. The van der Waals surface area contributed by atoms with Crippen molar-refractivity contribution in [1.29, 1.82) is 0 Å². The zero-order valence-electron chi connectivity index (χ0n) is 42.8. The van der Waals surface area contributed by atoms with E-state index in [-0.39, 0.29) is 66.7 Å². The number of thiazole rings is 1. The number of nitrogens with zero attached hydrogens (tertiary/aromatic N) is 4. The van der Waals surface area contributed by atoms with E-state index in [1.807, 2.05) is 87.4 Å². The van der Waals surface area contributed by atoms with Crippen LogP contribution in [-0.2, 0) is 35.0 Å². The Morgan fingerprint density at radius 1 is 0.900 bits per heavy atom. The number of ether oxygens (including phenoxy) is 3. The summed E-state index contributed by atoms with van der Waals surface area (Å²) < 4.78 is 18.3. The van der Waals surface area contributed by atoms with E-state index in [0.717, 1.165) is 40.1 Å². The summed E-state index contributed by atoms with van der Waals surface area (Å²) in [6.07, 6.45) is 3.14. The second-order valence-electron chi connectivity index (χ2n) is 19.8. The van der Waals surface area contributed by atoms with Gasteiger partial charge in [-0.3, -0.25) is 19.3 Å². The summed E-state index contributed by atoms with van der Waals surface area (Å²) in [7, 11) is 6.51. The second kappa shape index (κ2) is 24.3. The van der Waals surface area contributed by atoms with Crippen LogP contribution in [-0.4, -0.2) is 126 Å². The van der Waals surface area contributed by atoms with Gasteiger partial charge in [0.05, 0.1) is 41.7 Å². The number of amides is 4. The van der Waals surface area contributed by atoms with Gasteiger partial charge in [0.15, 0.2) is 0 Å². The van der Waals surface area contributed by atoms with E-state index >= 15 is 0 Å². The van der Waals surface area contributed by atoms with Crippen LogP contribution in [0.25, 0.3) is 11.1 Å². The van der Waals surface area contributed by atoms with Crippen molar-refractivity contribution in [2.75, 3.05) is 41.5 Å². The van der Waals surface area contributed by atoms with Gasteiger partial charge in [0.25, 0.3) is 0 Å². The fourth-order valence-corrected chi connectivity index (χ4v) is 11.2. The van der Waals surface area contributed by atoms with Gasteiger partial charge in [0.1, 0.15) is 23.2 Å². The highest BCUT2D eigenvalue weighted by molar-refractivity contribution is 7.80. The van der Waals surface area contributed by atoms with E-state index in [1.54, 1.807) is 57.5 Å². The minimum atomic E-state index is -1.39. The average molecular weight is 995 g/mol. The minimum Gasteiger partial charge on any atom is -0.448 e. The van der Waals surface area contributed by atoms with E-state index in [1.165, 1.54) is 17.5 Å². The van der Waals surface area contributed by atoms with Crippen LogP contribution in [0.15, 0.2) is 90.4 Å². The molecule has 8 atom stereocenters. The molecule has 1 aromatic heterocycles. The van der Waals surface area contributed by atoms with E-state index in [4.69, 9.17) is 26.4 Å². The van der Waals surface area contributed by atoms with E-state index in [0.29, 0.717) is 24.4 Å². The largest absolute Gasteiger partial charge is 0.448 e. The zero-order chi connectivity index (χ0) is 50.9. The van der Waals surface area contributed by atoms with Crippen LogP contribution in [0.4, 0.5) is 4.79 Å². The summed E-state index contributed by atoms with van der Waals surface area (Å²) in [6, 6.07) is 24.7. The number of carbonyl (C=O) groups is 4. The first-order chi connectivity index (χ1) is 33.4. The summed E-state index contributed by atoms with van der Waals surface area (Å²) in [5.74, 6) is -1.67. The van der Waals surface area contributed by atoms with Gasteiger partial charge in [0.2, 0.25) is 17.7 Å². The van der Waals surface area contributed by atoms with Crippen LogP contribution < -0.4 is 10.6 Å². The van der Waals surface area contributed by atoms with Crippen molar-refractivity contribution in [2.45, 2.75) is 128 Å². The number of hydrogen-bond acceptors (Lipinski definition) is 10. The molecule has 1 aliphatic carbocycles. The highest BCUT2D eigenvalue weighted by Gasteiger charge is 2.44. The molecule has 1 aliphatic heterocycles. The number of carbonyl (C=O) groups excluding carboxylic acids is 4. The molecule has 70 heavy (non-hydrogen) atoms. The van der Waals surface area contributed by atoms with Crippen molar-refractivity contribution < 1.29 is 33.4 Å². The monoisotopic (exact) mass is 995 g/mol. The standard InChI is InChI=1S/C55H74N6O7S2/c1-12-35(4)48(45(66-10)32-46(62)61-29-20-27-44(61)49(67-11)36(5)50(69)57-43(51-56-28-30-70-51)31-37-21-14-13-15-22-37)59(8)52(63)47(34(2)3)58-53(64)55(6,7)60(9)54(65)68-33-42-40-25-18-16-23-38(40)39-24-17-19-26-41(39)42/h13-19,21-26,28,30,34-36,42-45,47-49H,12,20,27,29,31-33H2,1-11H3,(H,57,69)(H,58,64)/t35-,36+,43-,44-,45+,47-,48-,49+/m0/s1. The third-order valence-corrected chi connectivity index (χ3v) is 16.2. The molecule has 0 radical (unpaired) electrons. The summed E-state index contributed by atoms with van der Waals surface area (Å²) in [4.78, 5) is 67.3. The normalized spacial score (nSPS) is 17.6. The predicted octanol–water partition coefficient (Wildman–Crippen LogP) is 9.06. The maximum atomic E-state index is 14.7. The van der Waals surface area contributed by atoms with Gasteiger partial charge in [-0.05, 0) is 72.8 Å². The lowest BCUT2D eigenvalue weighted by Gasteiger charge is -2.41. The van der Waals surface area contributed by atoms with Gasteiger partial charge >= 0.3 is 6.09 Å². The Balaban J connectivity index is 1.10. The minimum absolute atomic E-state index is 0.0347. The van der Waals surface area contributed by atoms with Crippen LogP contribution in [0.1, 0.15) is 108 Å². The molecule has 2 N–H and O–H groups in total. The number of rotatable bonds is 22. The molecule has 0 unspecified atom stereocenters. The molecule has 13 nitrogen and oxygen atoms in total. The van der Waals surface area contributed by atoms with Crippen molar-refractivity contribution in [2.24, 2.45) is 17.8 Å². The molecule has 378 valence electrons. The van der Waals surface area contributed by atoms with Crippen LogP contribution in [0, 0.1) is 17.8 Å². The van der Waals surface area contributed by atoms with Crippen LogP contribution in [0.2, 0.25) is 0 Å². The first kappa shape index (κ1) is 54.1. The molecular weight excluding hydrogens is 921 g/mol. The number of thiocarbonyl (C=S) groups is 1. The lowest BCUT2D eigenvalue weighted by Crippen LogP contribution is -2.62. The summed E-state index contributed by atoms with van der Waals surface area (Å²) >= 11 is 7.67. The van der Waals surface area contributed by atoms with Gasteiger partial charge < -0.3 is 34.6 Å². The number of benzene rings is 3. The summed E-state index contributed by atoms with van der Waals surface area (Å²) in [6.45, 7) is 13.8. The van der Waals surface area contributed by atoms with Crippen molar-refractivity contribution in [3.8, 4) is 11.1 Å². The highest BCUT2D eigenvalue weighted by atomic mass is 32.1. The van der Waals surface area contributed by atoms with E-state index < -0.39 is 35.7 Å². The fourth-order valence-electron chi connectivity index (χ4n) is 10.2. The lowest BCUT2D eigenvalue weighted by molar-refractivity contribution is -0.147. The van der Waals surface area contributed by atoms with E-state index in [2.05, 4.69) is 52.0 Å². The molecule has 2 heterocycles. The molecule has 1 saturated heterocycles. The maximum absolute atomic E-state index is 14.7. The van der Waals surface area contributed by atoms with Gasteiger partial charge in [-0.2, -0.15) is 0 Å². The van der Waals surface area contributed by atoms with Crippen molar-refractivity contribution in [3.05, 3.63) is 112 Å². The third-order valence-electron chi connectivity index (χ3n) is 14.8. The molecule has 3 aromatic carbocycles. The Bertz CT molecular complexity index is 2350. The Kier molecular flexibility index (Phi) is 18.8. The van der Waals surface area contributed by atoms with Crippen molar-refractivity contribution in [1.82, 2.24) is 30.3 Å². The number of likely N-dealkylation sites (N-methyl/N-ethyl adjacent to an activating group) is 2. The predicted molar refractivity (Wildman–Crippen MR) is 281 cm³/mol. The van der Waals surface area contributed by atoms with Gasteiger partial charge in [-0.1, -0.05) is 132 Å². The number of aromatic nitrogens is 1. The van der Waals surface area contributed by atoms with Crippen LogP contribution in [0.3, 0.4) is 0 Å². The highest BCUT2D eigenvalue weighted by Crippen LogP contribution is 2.44. The topological polar surface area (TPSA) is 143 Å². The average Bonchev–Trinajstić information content (AvgIpc) is 4.15. The Morgan fingerprint density at radius 3 is 2.10 bits per heavy atom. The van der Waals surface area contributed by atoms with Gasteiger partial charge in [-0.15, -0.1) is 11.3 Å². The van der Waals surface area contributed by atoms with Crippen molar-refractivity contribution in [3.63, 3.8) is 0 Å². The third kappa shape index (κ3) is 12.1. The second-order valence-corrected chi connectivity index (χ2v) is 21.2. The molecule has 1 fully saturated rings. The Hall–Kier alpha value is -5.22. The molecule has 0 saturated carbocycles. The molecule has 6 rings (SSSR count). The Labute approximate surface area is 425 Å². The SMILES string of the molecule is CC[C@H](C)[C@@H]([C@@H](CC(=O)N1CCC[C@H]1[C@H](OC)[C@@H](C)C(=S)N[C@@H](Cc1ccccc1)c1nccs1)OC)N(C)C(=O)[C@@H](NC(=O)C(C)(C)N(C)C(=O)OCC1c2ccccc2-c2ccccc21)C(C)C. The van der Waals surface area contributed by atoms with E-state index in [9.17, 15) is 19.2 Å². The quantitative estimate of drug-likeness (QED) is 0.0733. The van der Waals surface area contributed by atoms with Crippen LogP contribution >= 0.6 is 23.6 Å². The molecular formula is C55H74N6O7S2. The number of likely N-dealkylation sites (tertiary alicyclic amines) is 1. The number of methoxy groups -OCH3 is 2. The summed E-state index contributed by atoms with van der Waals surface area (Å²) in [5, 5.41) is 9.51. The first-order valence-electron chi connectivity index (χ1n) is 24.7. The smallest absolute Gasteiger partial charge is 0.410 e. The lowest BCUT2D eigenvalue weighted by atomic mass is 9.89. The maximum Gasteiger partial charge on any atom is 0.410 e. The molecule has 0 spiro atoms. The molecule has 2 aliphatic rings. The van der Waals surface area contributed by atoms with Gasteiger partial charge in [0, 0.05) is 58.3 Å². The molecule has 4 amide bonds. The molecule has 0 bridgehead atoms. The van der Waals surface area contributed by atoms with Gasteiger partial charge in [-0.25, -0.2) is 9.78 Å². The summed E-state index contributed by atoms with van der Waals surface area (Å²) in [5.41, 5.74) is 4.19. The number of nitrogens with one attached hydrogen (secondary N) is 2. The first-order valence-corrected chi connectivity index (χ1v) is 26.0. The fraction of sp³-hybridized carbons (Fsp3) is 0.527. The molecule has 4 aromatic rings. The number of fused-ring (bicyclic) bond motifs is 3. The number of hydrogen-bond donors (Lipinski definition) is 2. The van der Waals surface area contributed by atoms with Crippen LogP contribution in [0.5, 0.6) is 0 Å². The van der Waals surface area contributed by atoms with Crippen molar-refractivity contribution >= 4 is 52.4 Å².